The van der Waals surface area contributed by atoms with Crippen molar-refractivity contribution in [3.05, 3.63) is 86.1 Å². The van der Waals surface area contributed by atoms with Gasteiger partial charge in [-0.25, -0.2) is 9.36 Å². The molecule has 3 aromatic rings. The number of hydrogen-bond donors (Lipinski definition) is 3. The van der Waals surface area contributed by atoms with E-state index in [2.05, 4.69) is 10.3 Å². The lowest BCUT2D eigenvalue weighted by Gasteiger charge is -2.27. The summed E-state index contributed by atoms with van der Waals surface area (Å²) < 4.78 is 6.52. The number of benzene rings is 2. The summed E-state index contributed by atoms with van der Waals surface area (Å²) in [4.78, 5) is 27.4. The summed E-state index contributed by atoms with van der Waals surface area (Å²) in [6.45, 7) is 3.08. The van der Waals surface area contributed by atoms with Gasteiger partial charge in [0.25, 0.3) is 5.56 Å². The van der Waals surface area contributed by atoms with E-state index in [1.165, 1.54) is 0 Å². The lowest BCUT2D eigenvalue weighted by atomic mass is 9.90. The minimum Gasteiger partial charge on any atom is -0.494 e. The Morgan fingerprint density at radius 2 is 1.89 bits per heavy atom. The van der Waals surface area contributed by atoms with Crippen molar-refractivity contribution in [1.82, 2.24) is 14.9 Å². The molecule has 0 amide bonds. The van der Waals surface area contributed by atoms with Crippen molar-refractivity contribution in [1.29, 1.82) is 0 Å². The first-order valence-corrected chi connectivity index (χ1v) is 9.22. The van der Waals surface area contributed by atoms with Gasteiger partial charge in [-0.2, -0.15) is 0 Å². The van der Waals surface area contributed by atoms with E-state index in [4.69, 9.17) is 4.74 Å². The van der Waals surface area contributed by atoms with E-state index >= 15 is 0 Å². The fraction of sp³-hybridized carbons (Fsp3) is 0.238. The summed E-state index contributed by atoms with van der Waals surface area (Å²) in [5.41, 5.74) is 1.31. The maximum Gasteiger partial charge on any atom is 0.335 e. The van der Waals surface area contributed by atoms with Crippen LogP contribution in [0.3, 0.4) is 0 Å². The van der Waals surface area contributed by atoms with Crippen LogP contribution in [0.15, 0.2) is 58.1 Å². The highest BCUT2D eigenvalue weighted by molar-refractivity contribution is 5.46. The molecule has 0 unspecified atom stereocenters. The van der Waals surface area contributed by atoms with Crippen LogP contribution in [0.5, 0.6) is 11.6 Å². The Morgan fingerprint density at radius 1 is 1.14 bits per heavy atom. The maximum absolute atomic E-state index is 12.6. The molecule has 0 saturated heterocycles. The van der Waals surface area contributed by atoms with Crippen molar-refractivity contribution in [2.24, 2.45) is 0 Å². The second kappa shape index (κ2) is 7.36. The molecule has 0 fully saturated rings. The molecule has 1 aromatic heterocycles. The molecule has 28 heavy (non-hydrogen) atoms. The third-order valence-corrected chi connectivity index (χ3v) is 4.92. The SMILES string of the molecule is CCOc1ccc(-n2c(O)c([C@@H]3NCCc4ccccc43)c(=O)[nH]c2=O)cc1. The molecule has 0 bridgehead atoms. The molecule has 1 aliphatic rings. The summed E-state index contributed by atoms with van der Waals surface area (Å²) in [7, 11) is 0. The molecule has 0 spiro atoms. The molecule has 1 atom stereocenters. The van der Waals surface area contributed by atoms with Gasteiger partial charge in [0.1, 0.15) is 5.75 Å². The molecule has 0 radical (unpaired) electrons. The second-order valence-corrected chi connectivity index (χ2v) is 6.59. The smallest absolute Gasteiger partial charge is 0.335 e. The van der Waals surface area contributed by atoms with Crippen molar-refractivity contribution in [3.8, 4) is 17.3 Å². The first-order chi connectivity index (χ1) is 13.6. The van der Waals surface area contributed by atoms with E-state index in [1.54, 1.807) is 24.3 Å². The largest absolute Gasteiger partial charge is 0.494 e. The standard InChI is InChI=1S/C21H21N3O4/c1-2-28-15-9-7-14(8-10-15)24-20(26)17(19(25)23-21(24)27)18-16-6-4-3-5-13(16)11-12-22-18/h3-10,18,22,26H,2,11-12H2,1H3,(H,23,25,27)/t18-/m1/s1. The molecule has 4 rings (SSSR count). The average molecular weight is 379 g/mol. The molecule has 7 nitrogen and oxygen atoms in total. The Morgan fingerprint density at radius 3 is 2.64 bits per heavy atom. The fourth-order valence-electron chi connectivity index (χ4n) is 3.66. The van der Waals surface area contributed by atoms with Crippen LogP contribution >= 0.6 is 0 Å². The zero-order valence-corrected chi connectivity index (χ0v) is 15.4. The zero-order valence-electron chi connectivity index (χ0n) is 15.4. The van der Waals surface area contributed by atoms with Gasteiger partial charge in [-0.05, 0) is 48.7 Å². The minimum absolute atomic E-state index is 0.126. The van der Waals surface area contributed by atoms with Crippen molar-refractivity contribution in [2.75, 3.05) is 13.2 Å². The Labute approximate surface area is 161 Å². The average Bonchev–Trinajstić information content (AvgIpc) is 2.69. The third-order valence-electron chi connectivity index (χ3n) is 4.92. The summed E-state index contributed by atoms with van der Waals surface area (Å²) in [5.74, 6) is 0.290. The number of fused-ring (bicyclic) bond motifs is 1. The van der Waals surface area contributed by atoms with Crippen molar-refractivity contribution in [2.45, 2.75) is 19.4 Å². The van der Waals surface area contributed by atoms with E-state index in [9.17, 15) is 14.7 Å². The fourth-order valence-corrected chi connectivity index (χ4v) is 3.66. The van der Waals surface area contributed by atoms with E-state index in [0.717, 1.165) is 22.1 Å². The number of aromatic nitrogens is 2. The summed E-state index contributed by atoms with van der Waals surface area (Å²) in [5, 5.41) is 14.2. The Kier molecular flexibility index (Phi) is 4.75. The summed E-state index contributed by atoms with van der Waals surface area (Å²) in [6, 6.07) is 14.0. The van der Waals surface area contributed by atoms with Crippen LogP contribution < -0.4 is 21.3 Å². The predicted molar refractivity (Wildman–Crippen MR) is 105 cm³/mol. The van der Waals surface area contributed by atoms with E-state index in [1.807, 2.05) is 31.2 Å². The van der Waals surface area contributed by atoms with Crippen LogP contribution in [0.4, 0.5) is 0 Å². The lowest BCUT2D eigenvalue weighted by Crippen LogP contribution is -2.38. The molecule has 2 aromatic carbocycles. The van der Waals surface area contributed by atoms with Crippen LogP contribution in [0.2, 0.25) is 0 Å². The maximum atomic E-state index is 12.6. The number of aromatic hydroxyl groups is 1. The van der Waals surface area contributed by atoms with Gasteiger partial charge in [0.05, 0.1) is 23.9 Å². The molecule has 2 heterocycles. The Bertz CT molecular complexity index is 1120. The highest BCUT2D eigenvalue weighted by Crippen LogP contribution is 2.31. The van der Waals surface area contributed by atoms with E-state index in [-0.39, 0.29) is 11.4 Å². The number of ether oxygens (including phenoxy) is 1. The third kappa shape index (κ3) is 3.10. The highest BCUT2D eigenvalue weighted by atomic mass is 16.5. The Balaban J connectivity index is 1.86. The number of nitrogens with zero attached hydrogens (tertiary/aromatic N) is 1. The van der Waals surface area contributed by atoms with Gasteiger partial charge in [-0.3, -0.25) is 9.78 Å². The highest BCUT2D eigenvalue weighted by Gasteiger charge is 2.28. The molecular weight excluding hydrogens is 358 g/mol. The zero-order chi connectivity index (χ0) is 19.7. The number of nitrogens with one attached hydrogen (secondary N) is 2. The van der Waals surface area contributed by atoms with Crippen LogP contribution in [-0.4, -0.2) is 27.8 Å². The van der Waals surface area contributed by atoms with Crippen LogP contribution in [0.1, 0.15) is 29.7 Å². The number of H-pyrrole nitrogens is 1. The van der Waals surface area contributed by atoms with Gasteiger partial charge in [0.2, 0.25) is 5.88 Å². The summed E-state index contributed by atoms with van der Waals surface area (Å²) in [6.07, 6.45) is 0.837. The minimum atomic E-state index is -0.695. The van der Waals surface area contributed by atoms with Crippen molar-refractivity contribution >= 4 is 0 Å². The van der Waals surface area contributed by atoms with Gasteiger partial charge < -0.3 is 15.2 Å². The van der Waals surface area contributed by atoms with Crippen molar-refractivity contribution in [3.63, 3.8) is 0 Å². The van der Waals surface area contributed by atoms with Gasteiger partial charge in [-0.15, -0.1) is 0 Å². The monoisotopic (exact) mass is 379 g/mol. The molecule has 1 aliphatic heterocycles. The molecule has 144 valence electrons. The molecular formula is C21H21N3O4. The first-order valence-electron chi connectivity index (χ1n) is 9.22. The van der Waals surface area contributed by atoms with Crippen molar-refractivity contribution < 1.29 is 9.84 Å². The van der Waals surface area contributed by atoms with Crippen LogP contribution in [-0.2, 0) is 6.42 Å². The van der Waals surface area contributed by atoms with Crippen LogP contribution in [0, 0.1) is 0 Å². The molecule has 0 aliphatic carbocycles. The van der Waals surface area contributed by atoms with Gasteiger partial charge in [0.15, 0.2) is 0 Å². The predicted octanol–water partition coefficient (Wildman–Crippen LogP) is 1.87. The van der Waals surface area contributed by atoms with Gasteiger partial charge >= 0.3 is 5.69 Å². The number of aromatic amines is 1. The van der Waals surface area contributed by atoms with Gasteiger partial charge in [0, 0.05) is 6.54 Å². The molecule has 7 heteroatoms. The quantitative estimate of drug-likeness (QED) is 0.643. The first kappa shape index (κ1) is 18.1. The van der Waals surface area contributed by atoms with Gasteiger partial charge in [-0.1, -0.05) is 24.3 Å². The van der Waals surface area contributed by atoms with E-state index < -0.39 is 17.3 Å². The molecule has 3 N–H and O–H groups in total. The number of rotatable bonds is 4. The Hall–Kier alpha value is -3.32. The van der Waals surface area contributed by atoms with Crippen LogP contribution in [0.25, 0.3) is 5.69 Å². The number of hydrogen-bond acceptors (Lipinski definition) is 5. The topological polar surface area (TPSA) is 96.3 Å². The normalized spacial score (nSPS) is 15.8. The second-order valence-electron chi connectivity index (χ2n) is 6.59. The van der Waals surface area contributed by atoms with E-state index in [0.29, 0.717) is 24.6 Å². The molecule has 0 saturated carbocycles. The summed E-state index contributed by atoms with van der Waals surface area (Å²) >= 11 is 0. The lowest BCUT2D eigenvalue weighted by molar-refractivity contribution is 0.340.